The van der Waals surface area contributed by atoms with Crippen molar-refractivity contribution in [2.75, 3.05) is 26.2 Å². The topological polar surface area (TPSA) is 32.3 Å². The third kappa shape index (κ3) is 4.85. The van der Waals surface area contributed by atoms with Crippen LogP contribution in [0.15, 0.2) is 24.3 Å². The van der Waals surface area contributed by atoms with E-state index in [-0.39, 0.29) is 11.5 Å². The van der Waals surface area contributed by atoms with Crippen molar-refractivity contribution >= 4 is 5.91 Å². The molecule has 0 fully saturated rings. The van der Waals surface area contributed by atoms with Crippen LogP contribution in [0, 0.1) is 0 Å². The van der Waals surface area contributed by atoms with E-state index >= 15 is 0 Å². The van der Waals surface area contributed by atoms with Crippen molar-refractivity contribution in [3.63, 3.8) is 0 Å². The maximum Gasteiger partial charge on any atom is 0.416 e. The Hall–Kier alpha value is -1.56. The lowest BCUT2D eigenvalue weighted by Gasteiger charge is -2.18. The van der Waals surface area contributed by atoms with E-state index in [4.69, 9.17) is 0 Å². The van der Waals surface area contributed by atoms with Crippen LogP contribution in [0.2, 0.25) is 0 Å². The molecule has 0 radical (unpaired) electrons. The van der Waals surface area contributed by atoms with Gasteiger partial charge in [0.25, 0.3) is 5.91 Å². The van der Waals surface area contributed by atoms with Gasteiger partial charge in [0.1, 0.15) is 0 Å². The quantitative estimate of drug-likeness (QED) is 0.873. The van der Waals surface area contributed by atoms with Crippen molar-refractivity contribution < 1.29 is 18.0 Å². The van der Waals surface area contributed by atoms with Crippen molar-refractivity contribution in [1.82, 2.24) is 10.2 Å². The first-order chi connectivity index (χ1) is 9.38. The summed E-state index contributed by atoms with van der Waals surface area (Å²) in [7, 11) is 0. The Morgan fingerprint density at radius 2 is 1.70 bits per heavy atom. The highest BCUT2D eigenvalue weighted by Gasteiger charge is 2.30. The molecule has 1 rings (SSSR count). The highest BCUT2D eigenvalue weighted by Crippen LogP contribution is 2.28. The summed E-state index contributed by atoms with van der Waals surface area (Å²) < 4.78 is 37.2. The van der Waals surface area contributed by atoms with E-state index in [1.54, 1.807) is 0 Å². The lowest BCUT2D eigenvalue weighted by atomic mass is 10.1. The Labute approximate surface area is 116 Å². The van der Waals surface area contributed by atoms with E-state index < -0.39 is 11.7 Å². The van der Waals surface area contributed by atoms with E-state index in [1.807, 2.05) is 13.8 Å². The van der Waals surface area contributed by atoms with Gasteiger partial charge < -0.3 is 10.2 Å². The van der Waals surface area contributed by atoms with Crippen molar-refractivity contribution in [3.05, 3.63) is 35.4 Å². The highest BCUT2D eigenvalue weighted by molar-refractivity contribution is 5.94. The molecule has 6 heteroatoms. The lowest BCUT2D eigenvalue weighted by Crippen LogP contribution is -2.34. The van der Waals surface area contributed by atoms with Crippen molar-refractivity contribution in [1.29, 1.82) is 0 Å². The first-order valence-corrected chi connectivity index (χ1v) is 6.56. The molecular weight excluding hydrogens is 269 g/mol. The third-order valence-electron chi connectivity index (χ3n) is 3.08. The number of carbonyl (C=O) groups excluding carboxylic acids is 1. The fraction of sp³-hybridized carbons (Fsp3) is 0.500. The third-order valence-corrected chi connectivity index (χ3v) is 3.08. The molecule has 3 nitrogen and oxygen atoms in total. The number of carbonyl (C=O) groups is 1. The molecule has 1 aromatic carbocycles. The molecule has 0 spiro atoms. The predicted molar refractivity (Wildman–Crippen MR) is 71.6 cm³/mol. The molecule has 0 saturated heterocycles. The predicted octanol–water partition coefficient (Wildman–Crippen LogP) is 2.78. The summed E-state index contributed by atoms with van der Waals surface area (Å²) >= 11 is 0. The number of amides is 1. The summed E-state index contributed by atoms with van der Waals surface area (Å²) in [5, 5.41) is 2.69. The molecule has 0 bridgehead atoms. The summed E-state index contributed by atoms with van der Waals surface area (Å²) in [6.45, 7) is 7.04. The van der Waals surface area contributed by atoms with Gasteiger partial charge in [0.05, 0.1) is 5.56 Å². The number of likely N-dealkylation sites (N-methyl/N-ethyl adjacent to an activating group) is 1. The lowest BCUT2D eigenvalue weighted by molar-refractivity contribution is -0.137. The monoisotopic (exact) mass is 288 g/mol. The molecule has 0 unspecified atom stereocenters. The molecule has 20 heavy (non-hydrogen) atoms. The second kappa shape index (κ2) is 7.28. The average Bonchev–Trinajstić information content (AvgIpc) is 2.42. The van der Waals surface area contributed by atoms with E-state index in [0.717, 1.165) is 31.8 Å². The zero-order chi connectivity index (χ0) is 15.2. The number of nitrogens with zero attached hydrogens (tertiary/aromatic N) is 1. The van der Waals surface area contributed by atoms with Gasteiger partial charge in [-0.2, -0.15) is 13.2 Å². The van der Waals surface area contributed by atoms with Crippen molar-refractivity contribution in [2.24, 2.45) is 0 Å². The number of alkyl halides is 3. The first kappa shape index (κ1) is 16.5. The van der Waals surface area contributed by atoms with E-state index in [1.165, 1.54) is 12.1 Å². The standard InChI is InChI=1S/C14H19F3N2O/c1-3-19(4-2)10-9-18-13(20)11-5-7-12(8-6-11)14(15,16)17/h5-8H,3-4,9-10H2,1-2H3,(H,18,20). The van der Waals surface area contributed by atoms with Gasteiger partial charge in [0.2, 0.25) is 0 Å². The molecular formula is C14H19F3N2O. The summed E-state index contributed by atoms with van der Waals surface area (Å²) in [6, 6.07) is 4.21. The fourth-order valence-corrected chi connectivity index (χ4v) is 1.78. The molecule has 1 amide bonds. The number of hydrogen-bond donors (Lipinski definition) is 1. The summed E-state index contributed by atoms with van der Waals surface area (Å²) in [5.74, 6) is -0.356. The van der Waals surface area contributed by atoms with Gasteiger partial charge >= 0.3 is 6.18 Å². The Morgan fingerprint density at radius 3 is 2.15 bits per heavy atom. The van der Waals surface area contributed by atoms with Gasteiger partial charge in [-0.05, 0) is 37.4 Å². The number of halogens is 3. The largest absolute Gasteiger partial charge is 0.416 e. The summed E-state index contributed by atoms with van der Waals surface area (Å²) in [5.41, 5.74) is -0.519. The Morgan fingerprint density at radius 1 is 1.15 bits per heavy atom. The maximum atomic E-state index is 12.4. The van der Waals surface area contributed by atoms with Gasteiger partial charge in [-0.25, -0.2) is 0 Å². The molecule has 0 heterocycles. The van der Waals surface area contributed by atoms with Crippen LogP contribution in [0.25, 0.3) is 0 Å². The van der Waals surface area contributed by atoms with Crippen molar-refractivity contribution in [2.45, 2.75) is 20.0 Å². The minimum absolute atomic E-state index is 0.234. The second-order valence-electron chi connectivity index (χ2n) is 4.36. The molecule has 0 aliphatic heterocycles. The number of hydrogen-bond acceptors (Lipinski definition) is 2. The second-order valence-corrected chi connectivity index (χ2v) is 4.36. The zero-order valence-electron chi connectivity index (χ0n) is 11.6. The van der Waals surface area contributed by atoms with Crippen LogP contribution >= 0.6 is 0 Å². The van der Waals surface area contributed by atoms with E-state index in [2.05, 4.69) is 10.2 Å². The number of nitrogens with one attached hydrogen (secondary N) is 1. The van der Waals surface area contributed by atoms with Crippen molar-refractivity contribution in [3.8, 4) is 0 Å². The van der Waals surface area contributed by atoms with Crippen LogP contribution in [0.1, 0.15) is 29.8 Å². The Balaban J connectivity index is 2.52. The number of benzene rings is 1. The van der Waals surface area contributed by atoms with Gasteiger partial charge in [-0.1, -0.05) is 13.8 Å². The van der Waals surface area contributed by atoms with Crippen LogP contribution in [-0.2, 0) is 6.18 Å². The van der Waals surface area contributed by atoms with Crippen LogP contribution in [0.4, 0.5) is 13.2 Å². The van der Waals surface area contributed by atoms with E-state index in [9.17, 15) is 18.0 Å². The van der Waals surface area contributed by atoms with Gasteiger partial charge in [-0.15, -0.1) is 0 Å². The van der Waals surface area contributed by atoms with Crippen LogP contribution in [0.5, 0.6) is 0 Å². The van der Waals surface area contributed by atoms with Crippen LogP contribution in [0.3, 0.4) is 0 Å². The smallest absolute Gasteiger partial charge is 0.351 e. The molecule has 0 aliphatic carbocycles. The summed E-state index contributed by atoms with van der Waals surface area (Å²) in [4.78, 5) is 13.9. The van der Waals surface area contributed by atoms with E-state index in [0.29, 0.717) is 6.54 Å². The maximum absolute atomic E-state index is 12.4. The molecule has 0 aliphatic rings. The Kier molecular flexibility index (Phi) is 6.01. The van der Waals surface area contributed by atoms with Crippen LogP contribution in [-0.4, -0.2) is 37.0 Å². The molecule has 0 saturated carbocycles. The zero-order valence-corrected chi connectivity index (χ0v) is 11.6. The Bertz CT molecular complexity index is 425. The molecule has 112 valence electrons. The fourth-order valence-electron chi connectivity index (χ4n) is 1.78. The van der Waals surface area contributed by atoms with Crippen LogP contribution < -0.4 is 5.32 Å². The minimum Gasteiger partial charge on any atom is -0.351 e. The molecule has 1 aromatic rings. The van der Waals surface area contributed by atoms with Gasteiger partial charge in [-0.3, -0.25) is 4.79 Å². The SMILES string of the molecule is CCN(CC)CCNC(=O)c1ccc(C(F)(F)F)cc1. The summed E-state index contributed by atoms with van der Waals surface area (Å²) in [6.07, 6.45) is -4.38. The first-order valence-electron chi connectivity index (χ1n) is 6.56. The van der Waals surface area contributed by atoms with Gasteiger partial charge in [0, 0.05) is 18.7 Å². The highest BCUT2D eigenvalue weighted by atomic mass is 19.4. The molecule has 0 atom stereocenters. The molecule has 1 N–H and O–H groups in total. The van der Waals surface area contributed by atoms with Gasteiger partial charge in [0.15, 0.2) is 0 Å². The number of rotatable bonds is 6. The minimum atomic E-state index is -4.38. The normalized spacial score (nSPS) is 11.7. The average molecular weight is 288 g/mol. The molecule has 0 aromatic heterocycles.